The van der Waals surface area contributed by atoms with Gasteiger partial charge in [-0.1, -0.05) is 0 Å². The summed E-state index contributed by atoms with van der Waals surface area (Å²) in [7, 11) is 7.70. The van der Waals surface area contributed by atoms with Gasteiger partial charge < -0.3 is 15.1 Å². The largest absolute Gasteiger partial charge is 0.336 e. The number of nitrogens with zero attached hydrogens (tertiary/aromatic N) is 4. The van der Waals surface area contributed by atoms with Crippen LogP contribution in [0.5, 0.6) is 0 Å². The quantitative estimate of drug-likeness (QED) is 0.884. The summed E-state index contributed by atoms with van der Waals surface area (Å²) >= 11 is 1.67. The molecule has 2 heterocycles. The number of likely N-dealkylation sites (N-methyl/N-ethyl adjacent to an activating group) is 1. The van der Waals surface area contributed by atoms with Crippen molar-refractivity contribution < 1.29 is 4.79 Å². The Morgan fingerprint density at radius 3 is 2.77 bits per heavy atom. The van der Waals surface area contributed by atoms with E-state index >= 15 is 0 Å². The average molecular weight is 321 g/mol. The summed E-state index contributed by atoms with van der Waals surface area (Å²) in [6.07, 6.45) is 3.69. The number of thiophene rings is 1. The van der Waals surface area contributed by atoms with Crippen LogP contribution in [0.2, 0.25) is 0 Å². The molecule has 0 unspecified atom stereocenters. The van der Waals surface area contributed by atoms with E-state index in [1.165, 1.54) is 5.56 Å². The first-order valence-electron chi connectivity index (χ1n) is 7.12. The van der Waals surface area contributed by atoms with Crippen molar-refractivity contribution in [1.82, 2.24) is 24.9 Å². The average Bonchev–Trinajstić information content (AvgIpc) is 3.10. The highest BCUT2D eigenvalue weighted by Crippen LogP contribution is 2.20. The van der Waals surface area contributed by atoms with Gasteiger partial charge in [-0.05, 0) is 36.5 Å². The van der Waals surface area contributed by atoms with E-state index in [0.717, 1.165) is 5.56 Å². The van der Waals surface area contributed by atoms with E-state index in [-0.39, 0.29) is 12.1 Å². The van der Waals surface area contributed by atoms with Crippen molar-refractivity contribution >= 4 is 17.4 Å². The molecule has 0 fully saturated rings. The van der Waals surface area contributed by atoms with Crippen LogP contribution in [0.1, 0.15) is 17.2 Å². The molecule has 1 N–H and O–H groups in total. The number of amides is 2. The van der Waals surface area contributed by atoms with Crippen LogP contribution in [0.15, 0.2) is 29.2 Å². The minimum Gasteiger partial charge on any atom is -0.336 e. The van der Waals surface area contributed by atoms with Gasteiger partial charge >= 0.3 is 6.03 Å². The summed E-state index contributed by atoms with van der Waals surface area (Å²) in [6.45, 7) is 1.13. The zero-order valence-electron chi connectivity index (χ0n) is 13.5. The Balaban J connectivity index is 1.88. The highest BCUT2D eigenvalue weighted by molar-refractivity contribution is 7.07. The molecule has 2 aromatic rings. The van der Waals surface area contributed by atoms with Crippen molar-refractivity contribution in [1.29, 1.82) is 0 Å². The zero-order valence-corrected chi connectivity index (χ0v) is 14.3. The number of hydrogen-bond donors (Lipinski definition) is 1. The Morgan fingerprint density at radius 2 is 2.23 bits per heavy atom. The summed E-state index contributed by atoms with van der Waals surface area (Å²) in [5.41, 5.74) is 2.24. The fraction of sp³-hybridized carbons (Fsp3) is 0.467. The second kappa shape index (κ2) is 7.42. The third-order valence-corrected chi connectivity index (χ3v) is 4.22. The van der Waals surface area contributed by atoms with E-state index in [1.54, 1.807) is 34.2 Å². The Labute approximate surface area is 135 Å². The molecule has 0 aliphatic rings. The van der Waals surface area contributed by atoms with Crippen molar-refractivity contribution in [2.45, 2.75) is 12.6 Å². The number of carbonyl (C=O) groups excluding carboxylic acids is 1. The number of nitrogens with one attached hydrogen (secondary N) is 1. The maximum absolute atomic E-state index is 12.2. The Bertz CT molecular complexity index is 593. The van der Waals surface area contributed by atoms with E-state index in [4.69, 9.17) is 0 Å². The van der Waals surface area contributed by atoms with Crippen LogP contribution in [0, 0.1) is 0 Å². The first-order valence-corrected chi connectivity index (χ1v) is 8.06. The molecule has 6 nitrogen and oxygen atoms in total. The topological polar surface area (TPSA) is 53.4 Å². The molecule has 22 heavy (non-hydrogen) atoms. The lowest BCUT2D eigenvalue weighted by Gasteiger charge is -2.25. The number of rotatable bonds is 6. The number of hydrogen-bond acceptors (Lipinski definition) is 4. The molecule has 0 bridgehead atoms. The predicted octanol–water partition coefficient (Wildman–Crippen LogP) is 1.93. The molecule has 0 radical (unpaired) electrons. The Morgan fingerprint density at radius 1 is 1.45 bits per heavy atom. The summed E-state index contributed by atoms with van der Waals surface area (Å²) in [4.78, 5) is 16.0. The van der Waals surface area contributed by atoms with Crippen LogP contribution in [0.3, 0.4) is 0 Å². The molecule has 7 heteroatoms. The third kappa shape index (κ3) is 4.32. The standard InChI is InChI=1S/C15H23N5OS/c1-18(2)14(13-5-6-22-11-13)8-16-15(21)19(3)9-12-7-17-20(4)10-12/h5-7,10-11,14H,8-9H2,1-4H3,(H,16,21)/t14-/m1/s1. The molecule has 0 saturated heterocycles. The monoisotopic (exact) mass is 321 g/mol. The number of aryl methyl sites for hydroxylation is 1. The molecule has 2 amide bonds. The second-order valence-corrected chi connectivity index (χ2v) is 6.38. The van der Waals surface area contributed by atoms with Gasteiger partial charge in [0.15, 0.2) is 0 Å². The highest BCUT2D eigenvalue weighted by atomic mass is 32.1. The predicted molar refractivity (Wildman–Crippen MR) is 88.8 cm³/mol. The van der Waals surface area contributed by atoms with Gasteiger partial charge in [0.1, 0.15) is 0 Å². The molecule has 0 spiro atoms. The second-order valence-electron chi connectivity index (χ2n) is 5.60. The van der Waals surface area contributed by atoms with Crippen molar-refractivity contribution in [3.8, 4) is 0 Å². The molecule has 120 valence electrons. The zero-order chi connectivity index (χ0) is 16.1. The molecule has 1 atom stereocenters. The molecule has 0 aliphatic carbocycles. The van der Waals surface area contributed by atoms with Gasteiger partial charge in [0, 0.05) is 32.4 Å². The Hall–Kier alpha value is -1.86. The first kappa shape index (κ1) is 16.5. The van der Waals surface area contributed by atoms with Gasteiger partial charge in [-0.2, -0.15) is 16.4 Å². The first-order chi connectivity index (χ1) is 10.5. The van der Waals surface area contributed by atoms with Gasteiger partial charge in [-0.25, -0.2) is 4.79 Å². The van der Waals surface area contributed by atoms with Crippen molar-refractivity contribution in [2.75, 3.05) is 27.7 Å². The summed E-state index contributed by atoms with van der Waals surface area (Å²) in [5.74, 6) is 0. The molecular weight excluding hydrogens is 298 g/mol. The van der Waals surface area contributed by atoms with Crippen LogP contribution < -0.4 is 5.32 Å². The van der Waals surface area contributed by atoms with Gasteiger partial charge in [0.25, 0.3) is 0 Å². The Kier molecular flexibility index (Phi) is 5.57. The maximum atomic E-state index is 12.2. The van der Waals surface area contributed by atoms with E-state index in [1.807, 2.05) is 27.3 Å². The summed E-state index contributed by atoms with van der Waals surface area (Å²) in [6, 6.07) is 2.20. The lowest BCUT2D eigenvalue weighted by atomic mass is 10.1. The fourth-order valence-corrected chi connectivity index (χ4v) is 2.99. The number of urea groups is 1. The van der Waals surface area contributed by atoms with Crippen LogP contribution in [-0.2, 0) is 13.6 Å². The van der Waals surface area contributed by atoms with Crippen LogP contribution >= 0.6 is 11.3 Å². The maximum Gasteiger partial charge on any atom is 0.317 e. The molecular formula is C15H23N5OS. The SMILES string of the molecule is CN(Cc1cnn(C)c1)C(=O)NC[C@H](c1ccsc1)N(C)C. The minimum atomic E-state index is -0.0778. The van der Waals surface area contributed by atoms with E-state index in [0.29, 0.717) is 13.1 Å². The van der Waals surface area contributed by atoms with Crippen LogP contribution in [-0.4, -0.2) is 53.3 Å². The highest BCUT2D eigenvalue weighted by Gasteiger charge is 2.17. The molecule has 0 aliphatic heterocycles. The minimum absolute atomic E-state index is 0.0778. The lowest BCUT2D eigenvalue weighted by Crippen LogP contribution is -2.41. The van der Waals surface area contributed by atoms with E-state index in [9.17, 15) is 4.79 Å². The van der Waals surface area contributed by atoms with Gasteiger partial charge in [-0.3, -0.25) is 4.68 Å². The molecule has 2 aromatic heterocycles. The normalized spacial score (nSPS) is 12.4. The van der Waals surface area contributed by atoms with Crippen molar-refractivity contribution in [2.24, 2.45) is 7.05 Å². The van der Waals surface area contributed by atoms with Crippen molar-refractivity contribution in [3.05, 3.63) is 40.3 Å². The fourth-order valence-electron chi connectivity index (χ4n) is 2.28. The van der Waals surface area contributed by atoms with E-state index < -0.39 is 0 Å². The lowest BCUT2D eigenvalue weighted by molar-refractivity contribution is 0.201. The van der Waals surface area contributed by atoms with Crippen LogP contribution in [0.4, 0.5) is 4.79 Å². The van der Waals surface area contributed by atoms with Crippen LogP contribution in [0.25, 0.3) is 0 Å². The summed E-state index contributed by atoms with van der Waals surface area (Å²) < 4.78 is 1.74. The van der Waals surface area contributed by atoms with Gasteiger partial charge in [-0.15, -0.1) is 0 Å². The smallest absolute Gasteiger partial charge is 0.317 e. The molecule has 2 rings (SSSR count). The summed E-state index contributed by atoms with van der Waals surface area (Å²) in [5, 5.41) is 11.3. The van der Waals surface area contributed by atoms with Crippen molar-refractivity contribution in [3.63, 3.8) is 0 Å². The number of aromatic nitrogens is 2. The van der Waals surface area contributed by atoms with Gasteiger partial charge in [0.05, 0.1) is 18.8 Å². The molecule has 0 aromatic carbocycles. The number of carbonyl (C=O) groups is 1. The third-order valence-electron chi connectivity index (χ3n) is 3.52. The molecule has 0 saturated carbocycles. The van der Waals surface area contributed by atoms with Gasteiger partial charge in [0.2, 0.25) is 0 Å². The van der Waals surface area contributed by atoms with E-state index in [2.05, 4.69) is 32.1 Å².